The summed E-state index contributed by atoms with van der Waals surface area (Å²) in [4.78, 5) is 35.3. The highest BCUT2D eigenvalue weighted by molar-refractivity contribution is 5.95. The highest BCUT2D eigenvalue weighted by atomic mass is 19.4. The first-order valence-electron chi connectivity index (χ1n) is 8.26. The predicted octanol–water partition coefficient (Wildman–Crippen LogP) is 2.65. The second-order valence-corrected chi connectivity index (χ2v) is 5.72. The molecule has 1 unspecified atom stereocenters. The number of halogens is 3. The molecule has 2 aromatic heterocycles. The maximum atomic E-state index is 12.3. The van der Waals surface area contributed by atoms with Gasteiger partial charge in [0.05, 0.1) is 6.04 Å². The maximum absolute atomic E-state index is 12.3. The van der Waals surface area contributed by atoms with E-state index in [2.05, 4.69) is 30.3 Å². The van der Waals surface area contributed by atoms with Crippen LogP contribution in [-0.2, 0) is 4.79 Å². The highest BCUT2D eigenvalue weighted by Gasteiger charge is 2.28. The van der Waals surface area contributed by atoms with Crippen LogP contribution in [0.4, 0.5) is 19.0 Å². The SMILES string of the molecule is CCC(=O)Nc1cc(C(=O)NC(C)c2ccc(OCC(F)(F)F)nc2)ncn1. The van der Waals surface area contributed by atoms with E-state index in [1.165, 1.54) is 24.4 Å². The van der Waals surface area contributed by atoms with Crippen molar-refractivity contribution in [2.45, 2.75) is 32.5 Å². The molecule has 2 heterocycles. The predicted molar refractivity (Wildman–Crippen MR) is 92.6 cm³/mol. The molecule has 0 saturated carbocycles. The van der Waals surface area contributed by atoms with Gasteiger partial charge in [0, 0.05) is 24.8 Å². The van der Waals surface area contributed by atoms with Crippen LogP contribution in [-0.4, -0.2) is 39.5 Å². The molecule has 0 aromatic carbocycles. The lowest BCUT2D eigenvalue weighted by Gasteiger charge is -2.15. The Labute approximate surface area is 158 Å². The Balaban J connectivity index is 1.98. The van der Waals surface area contributed by atoms with E-state index in [-0.39, 0.29) is 29.7 Å². The molecule has 2 rings (SSSR count). The monoisotopic (exact) mass is 397 g/mol. The van der Waals surface area contributed by atoms with Crippen LogP contribution in [0.2, 0.25) is 0 Å². The summed E-state index contributed by atoms with van der Waals surface area (Å²) in [5.74, 6) is -0.740. The van der Waals surface area contributed by atoms with Crippen LogP contribution in [0.3, 0.4) is 0 Å². The van der Waals surface area contributed by atoms with Crippen molar-refractivity contribution in [2.75, 3.05) is 11.9 Å². The Morgan fingerprint density at radius 1 is 1.21 bits per heavy atom. The molecule has 0 aliphatic carbocycles. The van der Waals surface area contributed by atoms with Gasteiger partial charge in [-0.05, 0) is 12.5 Å². The molecule has 2 aromatic rings. The van der Waals surface area contributed by atoms with Gasteiger partial charge in [0.25, 0.3) is 5.91 Å². The quantitative estimate of drug-likeness (QED) is 0.744. The normalized spacial score (nSPS) is 12.2. The van der Waals surface area contributed by atoms with Gasteiger partial charge in [-0.2, -0.15) is 13.2 Å². The molecule has 0 bridgehead atoms. The molecule has 11 heteroatoms. The van der Waals surface area contributed by atoms with Crippen LogP contribution in [0.15, 0.2) is 30.7 Å². The van der Waals surface area contributed by atoms with Crippen LogP contribution < -0.4 is 15.4 Å². The van der Waals surface area contributed by atoms with Crippen molar-refractivity contribution >= 4 is 17.6 Å². The topological polar surface area (TPSA) is 106 Å². The van der Waals surface area contributed by atoms with Gasteiger partial charge in [0.2, 0.25) is 11.8 Å². The third kappa shape index (κ3) is 6.49. The minimum atomic E-state index is -4.45. The summed E-state index contributed by atoms with van der Waals surface area (Å²) < 4.78 is 40.9. The Morgan fingerprint density at radius 3 is 2.57 bits per heavy atom. The summed E-state index contributed by atoms with van der Waals surface area (Å²) >= 11 is 0. The number of carbonyl (C=O) groups is 2. The average Bonchev–Trinajstić information content (AvgIpc) is 2.66. The summed E-state index contributed by atoms with van der Waals surface area (Å²) in [6, 6.07) is 3.62. The Kier molecular flexibility index (Phi) is 6.85. The van der Waals surface area contributed by atoms with Gasteiger partial charge < -0.3 is 15.4 Å². The van der Waals surface area contributed by atoms with E-state index in [4.69, 9.17) is 0 Å². The largest absolute Gasteiger partial charge is 0.468 e. The molecule has 8 nitrogen and oxygen atoms in total. The number of carbonyl (C=O) groups excluding carboxylic acids is 2. The molecule has 28 heavy (non-hydrogen) atoms. The number of hydrogen-bond donors (Lipinski definition) is 2. The lowest BCUT2D eigenvalue weighted by atomic mass is 10.1. The van der Waals surface area contributed by atoms with Crippen molar-refractivity contribution < 1.29 is 27.5 Å². The van der Waals surface area contributed by atoms with Crippen molar-refractivity contribution in [3.63, 3.8) is 0 Å². The summed E-state index contributed by atoms with van der Waals surface area (Å²) in [5, 5.41) is 5.21. The summed E-state index contributed by atoms with van der Waals surface area (Å²) in [5.41, 5.74) is 0.604. The third-order valence-corrected chi connectivity index (χ3v) is 3.48. The van der Waals surface area contributed by atoms with Crippen LogP contribution >= 0.6 is 0 Å². The van der Waals surface area contributed by atoms with Crippen molar-refractivity contribution in [3.05, 3.63) is 42.0 Å². The van der Waals surface area contributed by atoms with E-state index in [0.717, 1.165) is 6.33 Å². The zero-order chi connectivity index (χ0) is 20.7. The molecule has 0 aliphatic heterocycles. The van der Waals surface area contributed by atoms with E-state index < -0.39 is 24.7 Å². The highest BCUT2D eigenvalue weighted by Crippen LogP contribution is 2.19. The maximum Gasteiger partial charge on any atom is 0.422 e. The number of hydrogen-bond acceptors (Lipinski definition) is 6. The number of rotatable bonds is 7. The molecule has 0 aliphatic rings. The van der Waals surface area contributed by atoms with Crippen LogP contribution in [0.25, 0.3) is 0 Å². The molecule has 2 amide bonds. The van der Waals surface area contributed by atoms with Crippen molar-refractivity contribution in [2.24, 2.45) is 0 Å². The number of pyridine rings is 1. The van der Waals surface area contributed by atoms with Gasteiger partial charge in [-0.1, -0.05) is 13.0 Å². The number of anilines is 1. The molecule has 0 spiro atoms. The smallest absolute Gasteiger partial charge is 0.422 e. The third-order valence-electron chi connectivity index (χ3n) is 3.48. The molecular formula is C17H18F3N5O3. The van der Waals surface area contributed by atoms with E-state index in [9.17, 15) is 22.8 Å². The molecular weight excluding hydrogens is 379 g/mol. The molecule has 150 valence electrons. The second-order valence-electron chi connectivity index (χ2n) is 5.72. The zero-order valence-corrected chi connectivity index (χ0v) is 15.1. The fourth-order valence-corrected chi connectivity index (χ4v) is 2.02. The summed E-state index contributed by atoms with van der Waals surface area (Å²) in [6.07, 6.45) is -1.73. The Bertz CT molecular complexity index is 828. The average molecular weight is 397 g/mol. The van der Waals surface area contributed by atoms with Crippen molar-refractivity contribution in [1.29, 1.82) is 0 Å². The molecule has 0 fully saturated rings. The number of alkyl halides is 3. The van der Waals surface area contributed by atoms with Gasteiger partial charge in [-0.25, -0.2) is 15.0 Å². The molecule has 2 N–H and O–H groups in total. The Hall–Kier alpha value is -3.24. The van der Waals surface area contributed by atoms with Crippen LogP contribution in [0.1, 0.15) is 42.4 Å². The van der Waals surface area contributed by atoms with Crippen molar-refractivity contribution in [3.8, 4) is 5.88 Å². The number of ether oxygens (including phenoxy) is 1. The number of nitrogens with one attached hydrogen (secondary N) is 2. The van der Waals surface area contributed by atoms with Gasteiger partial charge in [0.15, 0.2) is 6.61 Å². The van der Waals surface area contributed by atoms with E-state index in [1.807, 2.05) is 0 Å². The van der Waals surface area contributed by atoms with Gasteiger partial charge >= 0.3 is 6.18 Å². The summed E-state index contributed by atoms with van der Waals surface area (Å²) in [7, 11) is 0. The van der Waals surface area contributed by atoms with Gasteiger partial charge in [-0.3, -0.25) is 9.59 Å². The number of aromatic nitrogens is 3. The second kappa shape index (κ2) is 9.11. The zero-order valence-electron chi connectivity index (χ0n) is 15.1. The fourth-order valence-electron chi connectivity index (χ4n) is 2.02. The minimum Gasteiger partial charge on any atom is -0.468 e. The molecule has 0 saturated heterocycles. The molecule has 0 radical (unpaired) electrons. The number of nitrogens with zero attached hydrogens (tertiary/aromatic N) is 3. The van der Waals surface area contributed by atoms with E-state index in [1.54, 1.807) is 13.8 Å². The first kappa shape index (κ1) is 21.1. The van der Waals surface area contributed by atoms with E-state index in [0.29, 0.717) is 5.56 Å². The standard InChI is InChI=1S/C17H18F3N5O3/c1-3-14(26)25-13-6-12(22-9-23-13)16(27)24-10(2)11-4-5-15(21-7-11)28-8-17(18,19)20/h4-7,9-10H,3,8H2,1-2H3,(H,24,27)(H,22,23,25,26). The van der Waals surface area contributed by atoms with Gasteiger partial charge in [-0.15, -0.1) is 0 Å². The van der Waals surface area contributed by atoms with Crippen LogP contribution in [0.5, 0.6) is 5.88 Å². The lowest BCUT2D eigenvalue weighted by Crippen LogP contribution is -2.28. The number of amides is 2. The van der Waals surface area contributed by atoms with Crippen LogP contribution in [0, 0.1) is 0 Å². The van der Waals surface area contributed by atoms with E-state index >= 15 is 0 Å². The molecule has 1 atom stereocenters. The first-order chi connectivity index (χ1) is 13.2. The van der Waals surface area contributed by atoms with Crippen molar-refractivity contribution in [1.82, 2.24) is 20.3 Å². The first-order valence-corrected chi connectivity index (χ1v) is 8.26. The minimum absolute atomic E-state index is 0.0475. The Morgan fingerprint density at radius 2 is 1.96 bits per heavy atom. The summed E-state index contributed by atoms with van der Waals surface area (Å²) in [6.45, 7) is 1.92. The lowest BCUT2D eigenvalue weighted by molar-refractivity contribution is -0.154. The fraction of sp³-hybridized carbons (Fsp3) is 0.353. The van der Waals surface area contributed by atoms with Gasteiger partial charge in [0.1, 0.15) is 17.8 Å².